The SMILES string of the molecule is O=C(O)N1CCC(C(=O)N2CCCC2)C1. The van der Waals surface area contributed by atoms with E-state index in [-0.39, 0.29) is 11.8 Å². The van der Waals surface area contributed by atoms with Crippen LogP contribution in [0.5, 0.6) is 0 Å². The fourth-order valence-corrected chi connectivity index (χ4v) is 2.33. The largest absolute Gasteiger partial charge is 0.465 e. The van der Waals surface area contributed by atoms with E-state index < -0.39 is 6.09 Å². The first kappa shape index (κ1) is 10.3. The first-order chi connectivity index (χ1) is 7.18. The third kappa shape index (κ3) is 2.06. The summed E-state index contributed by atoms with van der Waals surface area (Å²) in [6.45, 7) is 2.58. The summed E-state index contributed by atoms with van der Waals surface area (Å²) in [5.41, 5.74) is 0. The summed E-state index contributed by atoms with van der Waals surface area (Å²) in [5.74, 6) is 0.0513. The van der Waals surface area contributed by atoms with Crippen molar-refractivity contribution in [2.45, 2.75) is 19.3 Å². The van der Waals surface area contributed by atoms with Crippen molar-refractivity contribution < 1.29 is 14.7 Å². The molecule has 0 saturated carbocycles. The number of carboxylic acid groups (broad SMARTS) is 1. The fraction of sp³-hybridized carbons (Fsp3) is 0.800. The van der Waals surface area contributed by atoms with Crippen LogP contribution >= 0.6 is 0 Å². The van der Waals surface area contributed by atoms with Gasteiger partial charge >= 0.3 is 6.09 Å². The van der Waals surface area contributed by atoms with E-state index in [2.05, 4.69) is 0 Å². The molecule has 2 heterocycles. The van der Waals surface area contributed by atoms with Crippen LogP contribution < -0.4 is 0 Å². The molecule has 0 aromatic rings. The van der Waals surface area contributed by atoms with Gasteiger partial charge in [0.2, 0.25) is 5.91 Å². The minimum Gasteiger partial charge on any atom is -0.465 e. The van der Waals surface area contributed by atoms with Crippen molar-refractivity contribution in [1.82, 2.24) is 9.80 Å². The molecule has 5 heteroatoms. The van der Waals surface area contributed by atoms with E-state index in [1.165, 1.54) is 4.90 Å². The molecule has 84 valence electrons. The lowest BCUT2D eigenvalue weighted by molar-refractivity contribution is -0.133. The average Bonchev–Trinajstić information content (AvgIpc) is 2.88. The quantitative estimate of drug-likeness (QED) is 0.692. The summed E-state index contributed by atoms with van der Waals surface area (Å²) in [5, 5.41) is 8.78. The Bertz CT molecular complexity index is 274. The van der Waals surface area contributed by atoms with Crippen molar-refractivity contribution in [2.24, 2.45) is 5.92 Å². The highest BCUT2D eigenvalue weighted by atomic mass is 16.4. The maximum absolute atomic E-state index is 11.9. The molecule has 2 amide bonds. The number of hydrogen-bond acceptors (Lipinski definition) is 2. The predicted octanol–water partition coefficient (Wildman–Crippen LogP) is 0.609. The van der Waals surface area contributed by atoms with Crippen LogP contribution in [-0.2, 0) is 4.79 Å². The summed E-state index contributed by atoms with van der Waals surface area (Å²) in [6, 6.07) is 0. The zero-order chi connectivity index (χ0) is 10.8. The molecule has 0 aliphatic carbocycles. The van der Waals surface area contributed by atoms with Gasteiger partial charge in [-0.05, 0) is 19.3 Å². The molecule has 2 fully saturated rings. The van der Waals surface area contributed by atoms with Gasteiger partial charge in [-0.3, -0.25) is 4.79 Å². The van der Waals surface area contributed by atoms with E-state index >= 15 is 0 Å². The molecule has 1 unspecified atom stereocenters. The van der Waals surface area contributed by atoms with Gasteiger partial charge in [-0.2, -0.15) is 0 Å². The number of amides is 2. The topological polar surface area (TPSA) is 60.9 Å². The van der Waals surface area contributed by atoms with E-state index in [0.717, 1.165) is 25.9 Å². The van der Waals surface area contributed by atoms with E-state index in [1.54, 1.807) is 0 Å². The number of hydrogen-bond donors (Lipinski definition) is 1. The lowest BCUT2D eigenvalue weighted by Crippen LogP contribution is -2.36. The molecule has 5 nitrogen and oxygen atoms in total. The van der Waals surface area contributed by atoms with Crippen molar-refractivity contribution in [1.29, 1.82) is 0 Å². The van der Waals surface area contributed by atoms with Crippen molar-refractivity contribution in [2.75, 3.05) is 26.2 Å². The minimum absolute atomic E-state index is 0.0980. The third-order valence-electron chi connectivity index (χ3n) is 3.23. The second kappa shape index (κ2) is 4.08. The van der Waals surface area contributed by atoms with E-state index in [9.17, 15) is 9.59 Å². The number of carbonyl (C=O) groups excluding carboxylic acids is 1. The number of nitrogens with zero attached hydrogens (tertiary/aromatic N) is 2. The highest BCUT2D eigenvalue weighted by Crippen LogP contribution is 2.21. The van der Waals surface area contributed by atoms with Crippen LogP contribution in [0.2, 0.25) is 0 Å². The zero-order valence-corrected chi connectivity index (χ0v) is 8.69. The Morgan fingerprint density at radius 3 is 2.27 bits per heavy atom. The minimum atomic E-state index is -0.910. The Hall–Kier alpha value is -1.26. The van der Waals surface area contributed by atoms with Crippen LogP contribution in [0.3, 0.4) is 0 Å². The zero-order valence-electron chi connectivity index (χ0n) is 8.69. The van der Waals surface area contributed by atoms with Crippen LogP contribution in [0.1, 0.15) is 19.3 Å². The van der Waals surface area contributed by atoms with E-state index in [4.69, 9.17) is 5.11 Å². The molecule has 2 aliphatic heterocycles. The van der Waals surface area contributed by atoms with E-state index in [0.29, 0.717) is 19.5 Å². The molecule has 2 saturated heterocycles. The summed E-state index contributed by atoms with van der Waals surface area (Å²) in [7, 11) is 0. The maximum Gasteiger partial charge on any atom is 0.407 e. The van der Waals surface area contributed by atoms with Gasteiger partial charge in [-0.25, -0.2) is 4.79 Å². The van der Waals surface area contributed by atoms with Gasteiger partial charge in [-0.1, -0.05) is 0 Å². The second-order valence-electron chi connectivity index (χ2n) is 4.25. The Morgan fingerprint density at radius 2 is 1.73 bits per heavy atom. The Kier molecular flexibility index (Phi) is 2.79. The molecule has 0 spiro atoms. The Balaban J connectivity index is 1.89. The second-order valence-corrected chi connectivity index (χ2v) is 4.25. The average molecular weight is 212 g/mol. The predicted molar refractivity (Wildman–Crippen MR) is 53.5 cm³/mol. The standard InChI is InChI=1S/C10H16N2O3/c13-9(11-4-1-2-5-11)8-3-6-12(7-8)10(14)15/h8H,1-7H2,(H,14,15). The maximum atomic E-state index is 11.9. The summed E-state index contributed by atoms with van der Waals surface area (Å²) < 4.78 is 0. The summed E-state index contributed by atoms with van der Waals surface area (Å²) >= 11 is 0. The molecule has 0 radical (unpaired) electrons. The van der Waals surface area contributed by atoms with Gasteiger partial charge in [0.25, 0.3) is 0 Å². The Labute approximate surface area is 88.6 Å². The molecular formula is C10H16N2O3. The van der Waals surface area contributed by atoms with Crippen molar-refractivity contribution in [3.8, 4) is 0 Å². The van der Waals surface area contributed by atoms with Gasteiger partial charge in [-0.15, -0.1) is 0 Å². The van der Waals surface area contributed by atoms with Crippen molar-refractivity contribution >= 4 is 12.0 Å². The molecule has 0 aromatic carbocycles. The van der Waals surface area contributed by atoms with Crippen LogP contribution in [0, 0.1) is 5.92 Å². The lowest BCUT2D eigenvalue weighted by Gasteiger charge is -2.19. The normalized spacial score (nSPS) is 26.0. The molecule has 0 bridgehead atoms. The Morgan fingerprint density at radius 1 is 1.07 bits per heavy atom. The molecule has 0 aromatic heterocycles. The van der Waals surface area contributed by atoms with Crippen LogP contribution in [0.25, 0.3) is 0 Å². The molecule has 1 N–H and O–H groups in total. The fourth-order valence-electron chi connectivity index (χ4n) is 2.33. The third-order valence-corrected chi connectivity index (χ3v) is 3.23. The molecular weight excluding hydrogens is 196 g/mol. The van der Waals surface area contributed by atoms with Gasteiger partial charge in [0.15, 0.2) is 0 Å². The number of likely N-dealkylation sites (tertiary alicyclic amines) is 2. The van der Waals surface area contributed by atoms with Gasteiger partial charge < -0.3 is 14.9 Å². The van der Waals surface area contributed by atoms with Gasteiger partial charge in [0.1, 0.15) is 0 Å². The molecule has 1 atom stereocenters. The monoisotopic (exact) mass is 212 g/mol. The van der Waals surface area contributed by atoms with Crippen molar-refractivity contribution in [3.05, 3.63) is 0 Å². The first-order valence-corrected chi connectivity index (χ1v) is 5.45. The number of rotatable bonds is 1. The van der Waals surface area contributed by atoms with Gasteiger partial charge in [0.05, 0.1) is 5.92 Å². The smallest absolute Gasteiger partial charge is 0.407 e. The summed E-state index contributed by atoms with van der Waals surface area (Å²) in [6.07, 6.45) is 1.94. The lowest BCUT2D eigenvalue weighted by atomic mass is 10.1. The summed E-state index contributed by atoms with van der Waals surface area (Å²) in [4.78, 5) is 25.8. The molecule has 2 rings (SSSR count). The molecule has 15 heavy (non-hydrogen) atoms. The van der Waals surface area contributed by atoms with Crippen LogP contribution in [-0.4, -0.2) is 53.1 Å². The van der Waals surface area contributed by atoms with Crippen molar-refractivity contribution in [3.63, 3.8) is 0 Å². The highest BCUT2D eigenvalue weighted by molar-refractivity contribution is 5.80. The van der Waals surface area contributed by atoms with Crippen LogP contribution in [0.15, 0.2) is 0 Å². The van der Waals surface area contributed by atoms with Crippen LogP contribution in [0.4, 0.5) is 4.79 Å². The van der Waals surface area contributed by atoms with Gasteiger partial charge in [0, 0.05) is 26.2 Å². The molecule has 2 aliphatic rings. The number of carbonyl (C=O) groups is 2. The van der Waals surface area contributed by atoms with E-state index in [1.807, 2.05) is 4.90 Å². The first-order valence-electron chi connectivity index (χ1n) is 5.45. The highest BCUT2D eigenvalue weighted by Gasteiger charge is 2.34.